The molecule has 0 radical (unpaired) electrons. The largest absolute Gasteiger partial charge is 0.312 e. The van der Waals surface area contributed by atoms with Gasteiger partial charge in [0.25, 0.3) is 0 Å². The fourth-order valence-corrected chi connectivity index (χ4v) is 2.61. The highest BCUT2D eigenvalue weighted by molar-refractivity contribution is 4.88. The molecule has 0 aromatic heterocycles. The lowest BCUT2D eigenvalue weighted by Gasteiger charge is -2.31. The van der Waals surface area contributed by atoms with Crippen molar-refractivity contribution in [1.82, 2.24) is 10.2 Å². The number of nitrogens with zero attached hydrogens (tertiary/aromatic N) is 1. The van der Waals surface area contributed by atoms with Gasteiger partial charge in [0.15, 0.2) is 0 Å². The van der Waals surface area contributed by atoms with Crippen molar-refractivity contribution in [3.8, 4) is 0 Å². The Morgan fingerprint density at radius 2 is 1.72 bits per heavy atom. The molecule has 1 atom stereocenters. The molecule has 0 aliphatic heterocycles. The highest BCUT2D eigenvalue weighted by Gasteiger charge is 2.31. The fraction of sp³-hybridized carbons (Fsp3) is 1.00. The summed E-state index contributed by atoms with van der Waals surface area (Å²) in [7, 11) is 0. The van der Waals surface area contributed by atoms with Crippen molar-refractivity contribution in [1.29, 1.82) is 0 Å². The molecule has 1 unspecified atom stereocenters. The van der Waals surface area contributed by atoms with E-state index in [2.05, 4.69) is 44.8 Å². The topological polar surface area (TPSA) is 15.3 Å². The van der Waals surface area contributed by atoms with Crippen molar-refractivity contribution in [3.05, 3.63) is 0 Å². The van der Waals surface area contributed by atoms with Gasteiger partial charge in [0, 0.05) is 24.7 Å². The first-order chi connectivity index (χ1) is 8.58. The second kappa shape index (κ2) is 8.16. The summed E-state index contributed by atoms with van der Waals surface area (Å²) in [6, 6.07) is 2.29. The van der Waals surface area contributed by atoms with Gasteiger partial charge in [-0.15, -0.1) is 0 Å². The van der Waals surface area contributed by atoms with Gasteiger partial charge < -0.3 is 5.32 Å². The van der Waals surface area contributed by atoms with E-state index in [1.165, 1.54) is 38.6 Å². The Bertz CT molecular complexity index is 207. The van der Waals surface area contributed by atoms with E-state index in [1.54, 1.807) is 0 Å². The van der Waals surface area contributed by atoms with Crippen molar-refractivity contribution < 1.29 is 0 Å². The van der Waals surface area contributed by atoms with Crippen LogP contribution in [0.5, 0.6) is 0 Å². The summed E-state index contributed by atoms with van der Waals surface area (Å²) in [5, 5.41) is 3.73. The van der Waals surface area contributed by atoms with Crippen molar-refractivity contribution in [3.63, 3.8) is 0 Å². The minimum Gasteiger partial charge on any atom is -0.312 e. The summed E-state index contributed by atoms with van der Waals surface area (Å²) in [6.45, 7) is 14.1. The van der Waals surface area contributed by atoms with Gasteiger partial charge in [-0.3, -0.25) is 4.90 Å². The molecule has 1 saturated carbocycles. The molecule has 0 saturated heterocycles. The third kappa shape index (κ3) is 5.71. The Morgan fingerprint density at radius 1 is 1.11 bits per heavy atom. The Balaban J connectivity index is 2.32. The van der Waals surface area contributed by atoms with Crippen LogP contribution in [0.4, 0.5) is 0 Å². The Morgan fingerprint density at radius 3 is 2.17 bits per heavy atom. The van der Waals surface area contributed by atoms with E-state index in [4.69, 9.17) is 0 Å². The highest BCUT2D eigenvalue weighted by atomic mass is 15.2. The Labute approximate surface area is 115 Å². The van der Waals surface area contributed by atoms with Gasteiger partial charge in [-0.25, -0.2) is 0 Å². The molecule has 2 heteroatoms. The maximum Gasteiger partial charge on any atom is 0.0195 e. The number of hydrogen-bond acceptors (Lipinski definition) is 2. The van der Waals surface area contributed by atoms with Crippen LogP contribution in [0.25, 0.3) is 0 Å². The van der Waals surface area contributed by atoms with E-state index in [9.17, 15) is 0 Å². The zero-order valence-corrected chi connectivity index (χ0v) is 13.2. The van der Waals surface area contributed by atoms with E-state index in [1.807, 2.05) is 0 Å². The van der Waals surface area contributed by atoms with Gasteiger partial charge in [-0.1, -0.05) is 27.7 Å². The highest BCUT2D eigenvalue weighted by Crippen LogP contribution is 2.29. The minimum atomic E-state index is 0.692. The first-order valence-electron chi connectivity index (χ1n) is 8.07. The van der Waals surface area contributed by atoms with Crippen LogP contribution in [-0.4, -0.2) is 36.1 Å². The summed E-state index contributed by atoms with van der Waals surface area (Å²) in [4.78, 5) is 2.75. The molecule has 1 aliphatic carbocycles. The van der Waals surface area contributed by atoms with Gasteiger partial charge in [-0.2, -0.15) is 0 Å². The maximum absolute atomic E-state index is 3.73. The van der Waals surface area contributed by atoms with Gasteiger partial charge in [0.2, 0.25) is 0 Å². The molecular formula is C16H34N2. The molecular weight excluding hydrogens is 220 g/mol. The van der Waals surface area contributed by atoms with Gasteiger partial charge in [0.05, 0.1) is 0 Å². The summed E-state index contributed by atoms with van der Waals surface area (Å²) >= 11 is 0. The van der Waals surface area contributed by atoms with E-state index in [-0.39, 0.29) is 0 Å². The van der Waals surface area contributed by atoms with Crippen LogP contribution in [0.2, 0.25) is 0 Å². The van der Waals surface area contributed by atoms with Crippen molar-refractivity contribution in [2.45, 2.75) is 84.8 Å². The van der Waals surface area contributed by atoms with E-state index < -0.39 is 0 Å². The molecule has 0 bridgehead atoms. The molecule has 0 aromatic rings. The zero-order valence-electron chi connectivity index (χ0n) is 13.2. The molecule has 1 rings (SSSR count). The lowest BCUT2D eigenvalue weighted by molar-refractivity contribution is 0.180. The van der Waals surface area contributed by atoms with Crippen molar-refractivity contribution in [2.75, 3.05) is 13.1 Å². The number of hydrogen-bond donors (Lipinski definition) is 1. The lowest BCUT2D eigenvalue weighted by atomic mass is 10.1. The quantitative estimate of drug-likeness (QED) is 0.640. The van der Waals surface area contributed by atoms with Crippen LogP contribution in [0.3, 0.4) is 0 Å². The van der Waals surface area contributed by atoms with E-state index in [0.717, 1.165) is 18.5 Å². The molecule has 18 heavy (non-hydrogen) atoms. The molecule has 0 amide bonds. The third-order valence-corrected chi connectivity index (χ3v) is 4.23. The Hall–Kier alpha value is -0.0800. The molecule has 1 aliphatic rings. The predicted molar refractivity (Wildman–Crippen MR) is 81.0 cm³/mol. The second-order valence-corrected chi connectivity index (χ2v) is 6.42. The summed E-state index contributed by atoms with van der Waals surface area (Å²) in [6.07, 6.45) is 6.68. The van der Waals surface area contributed by atoms with Crippen LogP contribution >= 0.6 is 0 Å². The van der Waals surface area contributed by atoms with E-state index >= 15 is 0 Å². The minimum absolute atomic E-state index is 0.692. The molecule has 1 fully saturated rings. The first kappa shape index (κ1) is 16.0. The molecule has 108 valence electrons. The molecule has 1 N–H and O–H groups in total. The third-order valence-electron chi connectivity index (χ3n) is 4.23. The standard InChI is InChI=1S/C16H34N2/c1-6-15(7-2)17-12-14(5)18(16-8-9-16)11-10-13(3)4/h13-17H,6-12H2,1-5H3. The van der Waals surface area contributed by atoms with Crippen molar-refractivity contribution >= 4 is 0 Å². The smallest absolute Gasteiger partial charge is 0.0195 e. The van der Waals surface area contributed by atoms with Crippen LogP contribution in [-0.2, 0) is 0 Å². The monoisotopic (exact) mass is 254 g/mol. The Kier molecular flexibility index (Phi) is 7.25. The fourth-order valence-electron chi connectivity index (χ4n) is 2.61. The molecule has 2 nitrogen and oxygen atoms in total. The molecule has 0 heterocycles. The average molecular weight is 254 g/mol. The van der Waals surface area contributed by atoms with Crippen LogP contribution in [0.1, 0.15) is 66.7 Å². The first-order valence-corrected chi connectivity index (χ1v) is 8.07. The summed E-state index contributed by atoms with van der Waals surface area (Å²) in [5.41, 5.74) is 0. The van der Waals surface area contributed by atoms with Crippen molar-refractivity contribution in [2.24, 2.45) is 5.92 Å². The van der Waals surface area contributed by atoms with E-state index in [0.29, 0.717) is 12.1 Å². The molecule has 0 spiro atoms. The van der Waals surface area contributed by atoms with Gasteiger partial charge in [0.1, 0.15) is 0 Å². The maximum atomic E-state index is 3.73. The number of nitrogens with one attached hydrogen (secondary N) is 1. The summed E-state index contributed by atoms with van der Waals surface area (Å²) in [5.74, 6) is 0.824. The number of rotatable bonds is 10. The van der Waals surface area contributed by atoms with Crippen LogP contribution in [0.15, 0.2) is 0 Å². The average Bonchev–Trinajstić information content (AvgIpc) is 3.14. The lowest BCUT2D eigenvalue weighted by Crippen LogP contribution is -2.45. The zero-order chi connectivity index (χ0) is 13.5. The predicted octanol–water partition coefficient (Wildman–Crippen LogP) is 3.66. The van der Waals surface area contributed by atoms with Gasteiger partial charge >= 0.3 is 0 Å². The van der Waals surface area contributed by atoms with Gasteiger partial charge in [-0.05, 0) is 51.5 Å². The second-order valence-electron chi connectivity index (χ2n) is 6.42. The van der Waals surface area contributed by atoms with Crippen LogP contribution in [0, 0.1) is 5.92 Å². The summed E-state index contributed by atoms with van der Waals surface area (Å²) < 4.78 is 0. The SMILES string of the molecule is CCC(CC)NCC(C)N(CCC(C)C)C1CC1. The normalized spacial score (nSPS) is 18.0. The van der Waals surface area contributed by atoms with Crippen LogP contribution < -0.4 is 5.32 Å². The molecule has 0 aromatic carbocycles.